The van der Waals surface area contributed by atoms with Gasteiger partial charge in [0, 0.05) is 44.2 Å². The summed E-state index contributed by atoms with van der Waals surface area (Å²) in [7, 11) is -3.62. The van der Waals surface area contributed by atoms with Crippen LogP contribution in [0.15, 0.2) is 51.9 Å². The second-order valence-corrected chi connectivity index (χ2v) is 10.2. The van der Waals surface area contributed by atoms with Crippen molar-refractivity contribution in [1.29, 1.82) is 0 Å². The van der Waals surface area contributed by atoms with Gasteiger partial charge in [0.05, 0.1) is 24.7 Å². The fourth-order valence-corrected chi connectivity index (χ4v) is 5.35. The van der Waals surface area contributed by atoms with Gasteiger partial charge in [0.1, 0.15) is 0 Å². The second-order valence-electron chi connectivity index (χ2n) is 8.22. The third-order valence-electron chi connectivity index (χ3n) is 5.82. The molecule has 0 atom stereocenters. The standard InChI is InChI=1S/C23H26N4O5S/c1-17-3-5-18(6-4-17)23-24-22(32-25-23)16-26-9-11-27(12-10-26)33(28,29)19-7-8-20-21(15-19)31-14-2-13-30-20/h3-8,15H,2,9-14,16H2,1H3. The summed E-state index contributed by atoms with van der Waals surface area (Å²) < 4.78 is 44.5. The van der Waals surface area contributed by atoms with Crippen LogP contribution in [-0.4, -0.2) is 67.2 Å². The lowest BCUT2D eigenvalue weighted by Gasteiger charge is -2.33. The van der Waals surface area contributed by atoms with Crippen molar-refractivity contribution in [2.24, 2.45) is 0 Å². The van der Waals surface area contributed by atoms with Gasteiger partial charge in [0.15, 0.2) is 11.5 Å². The molecule has 2 aliphatic rings. The highest BCUT2D eigenvalue weighted by molar-refractivity contribution is 7.89. The third kappa shape index (κ3) is 4.73. The molecule has 0 saturated carbocycles. The third-order valence-corrected chi connectivity index (χ3v) is 7.72. The predicted molar refractivity (Wildman–Crippen MR) is 121 cm³/mol. The van der Waals surface area contributed by atoms with Crippen LogP contribution in [0.5, 0.6) is 11.5 Å². The zero-order valence-corrected chi connectivity index (χ0v) is 19.3. The number of sulfonamides is 1. The monoisotopic (exact) mass is 470 g/mol. The molecule has 5 rings (SSSR count). The molecule has 1 fully saturated rings. The maximum Gasteiger partial charge on any atom is 0.243 e. The van der Waals surface area contributed by atoms with Gasteiger partial charge in [0.2, 0.25) is 21.7 Å². The average Bonchev–Trinajstić information content (AvgIpc) is 3.15. The molecule has 33 heavy (non-hydrogen) atoms. The first-order valence-electron chi connectivity index (χ1n) is 11.0. The van der Waals surface area contributed by atoms with E-state index >= 15 is 0 Å². The zero-order valence-electron chi connectivity index (χ0n) is 18.4. The van der Waals surface area contributed by atoms with Crippen molar-refractivity contribution in [3.8, 4) is 22.9 Å². The number of piperazine rings is 1. The van der Waals surface area contributed by atoms with Gasteiger partial charge in [-0.05, 0) is 19.1 Å². The van der Waals surface area contributed by atoms with Crippen molar-refractivity contribution >= 4 is 10.0 Å². The number of benzene rings is 2. The number of aromatic nitrogens is 2. The SMILES string of the molecule is Cc1ccc(-c2noc(CN3CCN(S(=O)(=O)c4ccc5c(c4)OCCCO5)CC3)n2)cc1. The minimum absolute atomic E-state index is 0.222. The Morgan fingerprint density at radius 1 is 0.939 bits per heavy atom. The summed E-state index contributed by atoms with van der Waals surface area (Å²) in [6, 6.07) is 12.8. The van der Waals surface area contributed by atoms with Crippen molar-refractivity contribution in [3.05, 3.63) is 53.9 Å². The van der Waals surface area contributed by atoms with E-state index in [1.807, 2.05) is 31.2 Å². The van der Waals surface area contributed by atoms with Gasteiger partial charge >= 0.3 is 0 Å². The van der Waals surface area contributed by atoms with Crippen molar-refractivity contribution in [2.75, 3.05) is 39.4 Å². The fraction of sp³-hybridized carbons (Fsp3) is 0.391. The van der Waals surface area contributed by atoms with Crippen LogP contribution in [0.1, 0.15) is 17.9 Å². The lowest BCUT2D eigenvalue weighted by Crippen LogP contribution is -2.48. The molecule has 2 aliphatic heterocycles. The lowest BCUT2D eigenvalue weighted by atomic mass is 10.1. The second kappa shape index (κ2) is 9.12. The molecule has 0 unspecified atom stereocenters. The van der Waals surface area contributed by atoms with Crippen molar-refractivity contribution in [1.82, 2.24) is 19.3 Å². The highest BCUT2D eigenvalue weighted by atomic mass is 32.2. The van der Waals surface area contributed by atoms with Gasteiger partial charge in [-0.15, -0.1) is 0 Å². The van der Waals surface area contributed by atoms with Crippen LogP contribution in [0.3, 0.4) is 0 Å². The predicted octanol–water partition coefficient (Wildman–Crippen LogP) is 2.71. The van der Waals surface area contributed by atoms with Crippen LogP contribution in [0.4, 0.5) is 0 Å². The Morgan fingerprint density at radius 2 is 1.67 bits per heavy atom. The van der Waals surface area contributed by atoms with Crippen molar-refractivity contribution in [3.63, 3.8) is 0 Å². The van der Waals surface area contributed by atoms with E-state index in [1.165, 1.54) is 9.87 Å². The summed E-state index contributed by atoms with van der Waals surface area (Å²) in [6.07, 6.45) is 0.769. The molecule has 0 N–H and O–H groups in total. The molecule has 2 aromatic carbocycles. The Balaban J connectivity index is 1.21. The van der Waals surface area contributed by atoms with Crippen molar-refractivity contribution < 1.29 is 22.4 Å². The number of rotatable bonds is 5. The molecule has 0 bridgehead atoms. The maximum atomic E-state index is 13.2. The van der Waals surface area contributed by atoms with Crippen LogP contribution in [-0.2, 0) is 16.6 Å². The van der Waals surface area contributed by atoms with E-state index in [9.17, 15) is 8.42 Å². The Labute approximate surface area is 193 Å². The Kier molecular flexibility index (Phi) is 6.05. The van der Waals surface area contributed by atoms with E-state index in [2.05, 4.69) is 15.0 Å². The minimum Gasteiger partial charge on any atom is -0.490 e. The molecule has 174 valence electrons. The molecule has 1 saturated heterocycles. The molecule has 0 spiro atoms. The molecule has 0 amide bonds. The maximum absolute atomic E-state index is 13.2. The number of aryl methyl sites for hydroxylation is 1. The van der Waals surface area contributed by atoms with Gasteiger partial charge < -0.3 is 14.0 Å². The summed E-state index contributed by atoms with van der Waals surface area (Å²) in [5.41, 5.74) is 2.07. The quantitative estimate of drug-likeness (QED) is 0.561. The summed E-state index contributed by atoms with van der Waals surface area (Å²) >= 11 is 0. The Hall–Kier alpha value is -2.95. The van der Waals surface area contributed by atoms with Crippen LogP contribution in [0.25, 0.3) is 11.4 Å². The number of fused-ring (bicyclic) bond motifs is 1. The molecule has 3 heterocycles. The first kappa shape index (κ1) is 21.9. The summed E-state index contributed by atoms with van der Waals surface area (Å²) in [5, 5.41) is 4.08. The Morgan fingerprint density at radius 3 is 2.42 bits per heavy atom. The highest BCUT2D eigenvalue weighted by Crippen LogP contribution is 2.33. The molecule has 0 radical (unpaired) electrons. The number of hydrogen-bond donors (Lipinski definition) is 0. The van der Waals surface area contributed by atoms with Crippen LogP contribution in [0.2, 0.25) is 0 Å². The Bertz CT molecular complexity index is 1220. The van der Waals surface area contributed by atoms with E-state index in [-0.39, 0.29) is 4.90 Å². The van der Waals surface area contributed by atoms with E-state index in [0.29, 0.717) is 69.2 Å². The fourth-order valence-electron chi connectivity index (χ4n) is 3.91. The van der Waals surface area contributed by atoms with Crippen LogP contribution in [0, 0.1) is 6.92 Å². The zero-order chi connectivity index (χ0) is 22.8. The van der Waals surface area contributed by atoms with E-state index in [4.69, 9.17) is 14.0 Å². The minimum atomic E-state index is -3.62. The summed E-state index contributed by atoms with van der Waals surface area (Å²) in [6.45, 7) is 5.50. The van der Waals surface area contributed by atoms with Gasteiger partial charge in [-0.3, -0.25) is 4.90 Å². The van der Waals surface area contributed by atoms with Crippen LogP contribution < -0.4 is 9.47 Å². The smallest absolute Gasteiger partial charge is 0.243 e. The first-order chi connectivity index (χ1) is 16.0. The van der Waals surface area contributed by atoms with Gasteiger partial charge in [-0.1, -0.05) is 35.0 Å². The number of ether oxygens (including phenoxy) is 2. The first-order valence-corrected chi connectivity index (χ1v) is 12.4. The highest BCUT2D eigenvalue weighted by Gasteiger charge is 2.30. The topological polar surface area (TPSA) is 98.0 Å². The molecule has 3 aromatic rings. The summed E-state index contributed by atoms with van der Waals surface area (Å²) in [4.78, 5) is 6.83. The average molecular weight is 471 g/mol. The molecular weight excluding hydrogens is 444 g/mol. The summed E-state index contributed by atoms with van der Waals surface area (Å²) in [5.74, 6) is 2.14. The molecular formula is C23H26N4O5S. The number of hydrogen-bond acceptors (Lipinski definition) is 8. The normalized spacial score (nSPS) is 17.6. The van der Waals surface area contributed by atoms with Gasteiger partial charge in [-0.25, -0.2) is 8.42 Å². The number of nitrogens with zero attached hydrogens (tertiary/aromatic N) is 4. The molecule has 10 heteroatoms. The van der Waals surface area contributed by atoms with Gasteiger partial charge in [0.25, 0.3) is 0 Å². The molecule has 0 aliphatic carbocycles. The molecule has 9 nitrogen and oxygen atoms in total. The largest absolute Gasteiger partial charge is 0.490 e. The van der Waals surface area contributed by atoms with E-state index < -0.39 is 10.0 Å². The van der Waals surface area contributed by atoms with Gasteiger partial charge in [-0.2, -0.15) is 9.29 Å². The van der Waals surface area contributed by atoms with E-state index in [1.54, 1.807) is 18.2 Å². The van der Waals surface area contributed by atoms with E-state index in [0.717, 1.165) is 12.0 Å². The molecule has 1 aromatic heterocycles. The van der Waals surface area contributed by atoms with Crippen molar-refractivity contribution in [2.45, 2.75) is 24.8 Å². The van der Waals surface area contributed by atoms with Crippen LogP contribution >= 0.6 is 0 Å². The lowest BCUT2D eigenvalue weighted by molar-refractivity contribution is 0.163.